The Balaban J connectivity index is 1.43. The summed E-state index contributed by atoms with van der Waals surface area (Å²) >= 11 is 0. The number of imidazole rings is 1. The number of aromatic nitrogens is 4. The van der Waals surface area contributed by atoms with Gasteiger partial charge in [0.05, 0.1) is 47.1 Å². The van der Waals surface area contributed by atoms with E-state index in [-0.39, 0.29) is 18.1 Å². The molecule has 5 aromatic rings. The topological polar surface area (TPSA) is 136 Å². The quantitative estimate of drug-likeness (QED) is 0.270. The van der Waals surface area contributed by atoms with Crippen molar-refractivity contribution in [2.75, 3.05) is 29.9 Å². The summed E-state index contributed by atoms with van der Waals surface area (Å²) in [6, 6.07) is 18.9. The van der Waals surface area contributed by atoms with Gasteiger partial charge >= 0.3 is 5.97 Å². The number of para-hydroxylation sites is 1. The van der Waals surface area contributed by atoms with Gasteiger partial charge in [-0.25, -0.2) is 9.78 Å². The van der Waals surface area contributed by atoms with Crippen molar-refractivity contribution in [3.63, 3.8) is 0 Å². The number of carbonyl (C=O) groups is 1. The zero-order chi connectivity index (χ0) is 26.2. The number of pyridine rings is 2. The Kier molecular flexibility index (Phi) is 6.01. The number of rotatable bonds is 6. The van der Waals surface area contributed by atoms with Crippen LogP contribution in [-0.4, -0.2) is 56.8 Å². The number of carboxylic acids is 1. The van der Waals surface area contributed by atoms with E-state index in [0.717, 1.165) is 27.8 Å². The van der Waals surface area contributed by atoms with Crippen molar-refractivity contribution in [1.82, 2.24) is 19.9 Å². The molecule has 38 heavy (non-hydrogen) atoms. The van der Waals surface area contributed by atoms with Crippen LogP contribution >= 0.6 is 0 Å². The first kappa shape index (κ1) is 23.7. The average molecular weight is 511 g/mol. The van der Waals surface area contributed by atoms with E-state index in [1.54, 1.807) is 6.20 Å². The first-order valence-corrected chi connectivity index (χ1v) is 12.4. The molecule has 1 aliphatic rings. The van der Waals surface area contributed by atoms with Crippen LogP contribution in [-0.2, 0) is 9.53 Å². The molecule has 4 heterocycles. The zero-order valence-electron chi connectivity index (χ0n) is 20.6. The van der Waals surface area contributed by atoms with Crippen LogP contribution in [0.25, 0.3) is 33.3 Å². The zero-order valence-corrected chi connectivity index (χ0v) is 20.6. The summed E-state index contributed by atoms with van der Waals surface area (Å²) in [5, 5.41) is 13.7. The smallest absolute Gasteiger partial charge is 0.334 e. The van der Waals surface area contributed by atoms with Gasteiger partial charge in [-0.3, -0.25) is 9.78 Å². The Labute approximate surface area is 217 Å². The van der Waals surface area contributed by atoms with Gasteiger partial charge in [-0.15, -0.1) is 0 Å². The van der Waals surface area contributed by atoms with Crippen LogP contribution in [0.15, 0.2) is 71.7 Å². The van der Waals surface area contributed by atoms with Crippen LogP contribution in [0, 0.1) is 0 Å². The highest BCUT2D eigenvalue weighted by Crippen LogP contribution is 2.34. The molecule has 192 valence electrons. The van der Waals surface area contributed by atoms with Gasteiger partial charge in [0, 0.05) is 23.8 Å². The number of morpholine rings is 1. The Hall–Kier alpha value is -4.70. The molecular formula is C28H26N6O4. The van der Waals surface area contributed by atoms with E-state index in [1.165, 1.54) is 0 Å². The molecule has 3 aromatic heterocycles. The predicted molar refractivity (Wildman–Crippen MR) is 146 cm³/mol. The number of H-pyrrole nitrogens is 2. The van der Waals surface area contributed by atoms with Gasteiger partial charge in [0.15, 0.2) is 6.10 Å². The second kappa shape index (κ2) is 9.64. The lowest BCUT2D eigenvalue weighted by molar-refractivity contribution is -0.150. The molecule has 1 saturated heterocycles. The normalized spacial score (nSPS) is 16.6. The van der Waals surface area contributed by atoms with Gasteiger partial charge in [-0.2, -0.15) is 0 Å². The SMILES string of the molecule is C[C@H](Nc1c(-c2nc3ccc(N4CCOC(C(=O)O)C4)cc3[nH]2)c(=O)[nH]c2ccccc12)c1ccccn1. The van der Waals surface area contributed by atoms with Gasteiger partial charge in [-0.1, -0.05) is 24.3 Å². The molecule has 0 spiro atoms. The van der Waals surface area contributed by atoms with Gasteiger partial charge in [0.2, 0.25) is 0 Å². The van der Waals surface area contributed by atoms with Crippen LogP contribution in [0.3, 0.4) is 0 Å². The molecule has 2 aromatic carbocycles. The maximum atomic E-state index is 13.4. The largest absolute Gasteiger partial charge is 0.479 e. The van der Waals surface area contributed by atoms with Crippen molar-refractivity contribution in [2.45, 2.75) is 19.1 Å². The lowest BCUT2D eigenvalue weighted by Gasteiger charge is -2.32. The average Bonchev–Trinajstić information content (AvgIpc) is 3.36. The molecule has 1 fully saturated rings. The molecular weight excluding hydrogens is 484 g/mol. The summed E-state index contributed by atoms with van der Waals surface area (Å²) in [5.74, 6) is -0.541. The molecule has 10 heteroatoms. The van der Waals surface area contributed by atoms with Crippen molar-refractivity contribution in [2.24, 2.45) is 0 Å². The van der Waals surface area contributed by atoms with Crippen molar-refractivity contribution >= 4 is 39.3 Å². The van der Waals surface area contributed by atoms with Crippen LogP contribution in [0.5, 0.6) is 0 Å². The number of hydrogen-bond acceptors (Lipinski definition) is 7. The third-order valence-corrected chi connectivity index (χ3v) is 6.82. The van der Waals surface area contributed by atoms with E-state index in [2.05, 4.69) is 20.3 Å². The van der Waals surface area contributed by atoms with E-state index in [0.29, 0.717) is 35.7 Å². The minimum atomic E-state index is -0.977. The fourth-order valence-corrected chi connectivity index (χ4v) is 4.89. The van der Waals surface area contributed by atoms with Gasteiger partial charge < -0.3 is 30.0 Å². The molecule has 1 aliphatic heterocycles. The third-order valence-electron chi connectivity index (χ3n) is 6.82. The number of nitrogens with zero attached hydrogens (tertiary/aromatic N) is 3. The Morgan fingerprint density at radius 2 is 1.97 bits per heavy atom. The van der Waals surface area contributed by atoms with Crippen molar-refractivity contribution in [1.29, 1.82) is 0 Å². The van der Waals surface area contributed by atoms with Crippen LogP contribution < -0.4 is 15.8 Å². The summed E-state index contributed by atoms with van der Waals surface area (Å²) in [6.07, 6.45) is 0.872. The first-order chi connectivity index (χ1) is 18.5. The summed E-state index contributed by atoms with van der Waals surface area (Å²) in [6.45, 7) is 3.17. The van der Waals surface area contributed by atoms with E-state index < -0.39 is 12.1 Å². The fourth-order valence-electron chi connectivity index (χ4n) is 4.89. The molecule has 1 unspecified atom stereocenters. The number of aliphatic carboxylic acids is 1. The van der Waals surface area contributed by atoms with Crippen molar-refractivity contribution in [3.05, 3.63) is 82.9 Å². The van der Waals surface area contributed by atoms with Crippen LogP contribution in [0.2, 0.25) is 0 Å². The maximum Gasteiger partial charge on any atom is 0.334 e. The van der Waals surface area contributed by atoms with Gasteiger partial charge in [0.25, 0.3) is 5.56 Å². The fraction of sp³-hybridized carbons (Fsp3) is 0.214. The van der Waals surface area contributed by atoms with Gasteiger partial charge in [0.1, 0.15) is 11.4 Å². The Morgan fingerprint density at radius 1 is 1.13 bits per heavy atom. The lowest BCUT2D eigenvalue weighted by atomic mass is 10.1. The second-order valence-electron chi connectivity index (χ2n) is 9.30. The minimum absolute atomic E-state index is 0.167. The maximum absolute atomic E-state index is 13.4. The summed E-state index contributed by atoms with van der Waals surface area (Å²) in [4.78, 5) is 42.3. The second-order valence-corrected chi connectivity index (χ2v) is 9.30. The summed E-state index contributed by atoms with van der Waals surface area (Å²) < 4.78 is 5.35. The van der Waals surface area contributed by atoms with Gasteiger partial charge in [-0.05, 0) is 43.3 Å². The summed E-state index contributed by atoms with van der Waals surface area (Å²) in [7, 11) is 0. The number of fused-ring (bicyclic) bond motifs is 2. The van der Waals surface area contributed by atoms with Crippen LogP contribution in [0.4, 0.5) is 11.4 Å². The number of aromatic amines is 2. The molecule has 0 saturated carbocycles. The van der Waals surface area contributed by atoms with Crippen molar-refractivity contribution in [3.8, 4) is 11.4 Å². The molecule has 10 nitrogen and oxygen atoms in total. The van der Waals surface area contributed by atoms with Crippen LogP contribution in [0.1, 0.15) is 18.7 Å². The number of anilines is 2. The molecule has 4 N–H and O–H groups in total. The number of nitrogens with one attached hydrogen (secondary N) is 3. The molecule has 0 amide bonds. The molecule has 2 atom stereocenters. The van der Waals surface area contributed by atoms with Crippen molar-refractivity contribution < 1.29 is 14.6 Å². The Bertz CT molecular complexity index is 1700. The number of benzene rings is 2. The minimum Gasteiger partial charge on any atom is -0.479 e. The molecule has 0 aliphatic carbocycles. The highest BCUT2D eigenvalue weighted by Gasteiger charge is 2.27. The number of hydrogen-bond donors (Lipinski definition) is 4. The number of ether oxygens (including phenoxy) is 1. The predicted octanol–water partition coefficient (Wildman–Crippen LogP) is 3.93. The third kappa shape index (κ3) is 4.35. The van der Waals surface area contributed by atoms with E-state index in [9.17, 15) is 14.7 Å². The highest BCUT2D eigenvalue weighted by atomic mass is 16.5. The molecule has 6 rings (SSSR count). The lowest BCUT2D eigenvalue weighted by Crippen LogP contribution is -2.46. The molecule has 0 radical (unpaired) electrons. The number of carboxylic acid groups (broad SMARTS) is 1. The summed E-state index contributed by atoms with van der Waals surface area (Å²) in [5.41, 5.74) is 4.67. The first-order valence-electron chi connectivity index (χ1n) is 12.4. The highest BCUT2D eigenvalue weighted by molar-refractivity contribution is 5.99. The Morgan fingerprint density at radius 3 is 2.79 bits per heavy atom. The standard InChI is InChI=1S/C28H26N6O4/c1-16(19-7-4-5-11-29-19)30-25-18-6-2-3-8-20(18)33-27(35)24(25)26-31-21-10-9-17(14-22(21)32-26)34-12-13-38-23(15-34)28(36)37/h2-11,14,16,23H,12-13,15H2,1H3,(H,31,32)(H,36,37)(H2,30,33,35)/t16-,23?/m0/s1. The van der Waals surface area contributed by atoms with E-state index in [4.69, 9.17) is 9.72 Å². The van der Waals surface area contributed by atoms with E-state index in [1.807, 2.05) is 72.5 Å². The monoisotopic (exact) mass is 510 g/mol. The van der Waals surface area contributed by atoms with E-state index >= 15 is 0 Å². The molecule has 0 bridgehead atoms.